The number of piperidine rings is 1. The van der Waals surface area contributed by atoms with Crippen LogP contribution in [0.25, 0.3) is 0 Å². The molecule has 2 heterocycles. The summed E-state index contributed by atoms with van der Waals surface area (Å²) >= 11 is 0. The number of amides is 1. The van der Waals surface area contributed by atoms with Crippen molar-refractivity contribution in [2.75, 3.05) is 18.0 Å². The third-order valence-electron chi connectivity index (χ3n) is 4.80. The highest BCUT2D eigenvalue weighted by atomic mass is 16.6. The molecule has 3 rings (SSSR count). The molecular formula is C17H24N4O4. The summed E-state index contributed by atoms with van der Waals surface area (Å²) in [4.78, 5) is 28.8. The van der Waals surface area contributed by atoms with Gasteiger partial charge in [-0.25, -0.2) is 4.79 Å². The largest absolute Gasteiger partial charge is 0.444 e. The van der Waals surface area contributed by atoms with Crippen molar-refractivity contribution in [3.8, 4) is 0 Å². The van der Waals surface area contributed by atoms with Crippen molar-refractivity contribution < 1.29 is 14.5 Å². The molecule has 2 aliphatic rings. The van der Waals surface area contributed by atoms with Crippen molar-refractivity contribution in [3.63, 3.8) is 0 Å². The van der Waals surface area contributed by atoms with Crippen molar-refractivity contribution >= 4 is 17.6 Å². The summed E-state index contributed by atoms with van der Waals surface area (Å²) in [6.45, 7) is 6.86. The Balaban J connectivity index is 1.71. The van der Waals surface area contributed by atoms with Crippen molar-refractivity contribution in [2.45, 2.75) is 45.3 Å². The lowest BCUT2D eigenvalue weighted by molar-refractivity contribution is -0.388. The Morgan fingerprint density at radius 3 is 2.56 bits per heavy atom. The Hall–Kier alpha value is -2.38. The molecule has 1 aromatic heterocycles. The summed E-state index contributed by atoms with van der Waals surface area (Å²) in [5.74, 6) is 0.401. The fourth-order valence-electron chi connectivity index (χ4n) is 3.87. The van der Waals surface area contributed by atoms with E-state index in [1.54, 1.807) is 12.1 Å². The molecule has 0 aromatic carbocycles. The molecule has 8 heteroatoms. The predicted octanol–water partition coefficient (Wildman–Crippen LogP) is 2.73. The molecule has 1 saturated heterocycles. The molecule has 2 fully saturated rings. The average Bonchev–Trinajstić information content (AvgIpc) is 2.75. The van der Waals surface area contributed by atoms with Crippen molar-refractivity contribution in [1.29, 1.82) is 0 Å². The van der Waals surface area contributed by atoms with Crippen LogP contribution >= 0.6 is 0 Å². The maximum absolute atomic E-state index is 12.1. The molecule has 1 aromatic rings. The van der Waals surface area contributed by atoms with Gasteiger partial charge >= 0.3 is 11.9 Å². The van der Waals surface area contributed by atoms with E-state index >= 15 is 0 Å². The zero-order valence-corrected chi connectivity index (χ0v) is 14.8. The molecule has 1 amide bonds. The second-order valence-corrected chi connectivity index (χ2v) is 7.78. The minimum absolute atomic E-state index is 0.0572. The first kappa shape index (κ1) is 17.4. The number of hydrogen-bond acceptors (Lipinski definition) is 6. The molecule has 3 atom stereocenters. The van der Waals surface area contributed by atoms with Crippen LogP contribution in [0.15, 0.2) is 18.3 Å². The minimum Gasteiger partial charge on any atom is -0.444 e. The van der Waals surface area contributed by atoms with Gasteiger partial charge in [0.1, 0.15) is 17.5 Å². The van der Waals surface area contributed by atoms with E-state index in [1.165, 1.54) is 6.20 Å². The highest BCUT2D eigenvalue weighted by molar-refractivity contribution is 5.68. The number of carbonyl (C=O) groups excluding carboxylic acids is 1. The number of alkyl carbamates (subject to hydrolysis) is 1. The van der Waals surface area contributed by atoms with E-state index in [-0.39, 0.29) is 23.7 Å². The Bertz CT molecular complexity index is 659. The molecular weight excluding hydrogens is 324 g/mol. The monoisotopic (exact) mass is 348 g/mol. The van der Waals surface area contributed by atoms with Crippen molar-refractivity contribution in [3.05, 3.63) is 28.4 Å². The number of nitrogens with zero attached hydrogens (tertiary/aromatic N) is 3. The zero-order chi connectivity index (χ0) is 18.2. The Labute approximate surface area is 146 Å². The zero-order valence-electron chi connectivity index (χ0n) is 14.8. The number of hydrogen-bond donors (Lipinski definition) is 1. The number of aromatic nitrogens is 1. The van der Waals surface area contributed by atoms with Gasteiger partial charge in [0.15, 0.2) is 0 Å². The molecule has 1 saturated carbocycles. The number of nitrogens with one attached hydrogen (secondary N) is 1. The summed E-state index contributed by atoms with van der Waals surface area (Å²) in [6.07, 6.45) is 3.04. The Morgan fingerprint density at radius 2 is 2.00 bits per heavy atom. The maximum Gasteiger partial charge on any atom is 0.407 e. The quantitative estimate of drug-likeness (QED) is 0.666. The first-order valence-corrected chi connectivity index (χ1v) is 8.58. The molecule has 0 spiro atoms. The first-order chi connectivity index (χ1) is 11.7. The Kier molecular flexibility index (Phi) is 4.53. The summed E-state index contributed by atoms with van der Waals surface area (Å²) in [5, 5.41) is 14.2. The average molecular weight is 348 g/mol. The van der Waals surface area contributed by atoms with Crippen LogP contribution in [0.5, 0.6) is 0 Å². The smallest absolute Gasteiger partial charge is 0.407 e. The van der Waals surface area contributed by atoms with E-state index in [0.29, 0.717) is 18.8 Å². The summed E-state index contributed by atoms with van der Waals surface area (Å²) in [6, 6.07) is 3.52. The van der Waals surface area contributed by atoms with Crippen LogP contribution in [0, 0.1) is 22.0 Å². The second-order valence-electron chi connectivity index (χ2n) is 7.78. The second kappa shape index (κ2) is 6.50. The molecule has 1 N–H and O–H groups in total. The number of carbonyl (C=O) groups is 1. The molecule has 2 bridgehead atoms. The normalized spacial score (nSPS) is 25.6. The lowest BCUT2D eigenvalue weighted by Gasteiger charge is -2.39. The van der Waals surface area contributed by atoms with Crippen LogP contribution in [-0.2, 0) is 4.74 Å². The van der Waals surface area contributed by atoms with Crippen molar-refractivity contribution in [2.24, 2.45) is 11.8 Å². The van der Waals surface area contributed by atoms with Gasteiger partial charge in [-0.05, 0) is 67.5 Å². The molecule has 136 valence electrons. The van der Waals surface area contributed by atoms with Crippen molar-refractivity contribution in [1.82, 2.24) is 10.3 Å². The summed E-state index contributed by atoms with van der Waals surface area (Å²) in [5.41, 5.74) is 0.0280. The molecule has 0 radical (unpaired) electrons. The van der Waals surface area contributed by atoms with Gasteiger partial charge in [0.05, 0.1) is 0 Å². The number of pyridine rings is 1. The SMILES string of the molecule is CC(C)(C)OC(=O)N[C@@H]1[C@@H]2CC[C@H]1CN(c1cccnc1[N+](=O)[O-])C2. The van der Waals surface area contributed by atoms with Gasteiger partial charge in [0, 0.05) is 19.1 Å². The number of rotatable bonds is 3. The number of nitro groups is 1. The molecule has 25 heavy (non-hydrogen) atoms. The van der Waals surface area contributed by atoms with Crippen LogP contribution < -0.4 is 10.2 Å². The third kappa shape index (κ3) is 3.83. The van der Waals surface area contributed by atoms with E-state index in [4.69, 9.17) is 4.74 Å². The van der Waals surface area contributed by atoms with Gasteiger partial charge in [-0.15, -0.1) is 0 Å². The van der Waals surface area contributed by atoms with Gasteiger partial charge in [0.25, 0.3) is 0 Å². The van der Waals surface area contributed by atoms with Crippen LogP contribution in [0.3, 0.4) is 0 Å². The molecule has 8 nitrogen and oxygen atoms in total. The van der Waals surface area contributed by atoms with Gasteiger partial charge in [-0.2, -0.15) is 0 Å². The molecule has 1 aliphatic heterocycles. The van der Waals surface area contributed by atoms with Crippen LogP contribution in [-0.4, -0.2) is 40.7 Å². The van der Waals surface area contributed by atoms with Gasteiger partial charge < -0.3 is 25.1 Å². The highest BCUT2D eigenvalue weighted by Crippen LogP contribution is 2.40. The first-order valence-electron chi connectivity index (χ1n) is 8.58. The number of anilines is 1. The van der Waals surface area contributed by atoms with E-state index in [1.807, 2.05) is 25.7 Å². The van der Waals surface area contributed by atoms with E-state index < -0.39 is 16.6 Å². The summed E-state index contributed by atoms with van der Waals surface area (Å²) < 4.78 is 5.36. The predicted molar refractivity (Wildman–Crippen MR) is 92.5 cm³/mol. The highest BCUT2D eigenvalue weighted by Gasteiger charge is 2.44. The van der Waals surface area contributed by atoms with Gasteiger partial charge in [-0.1, -0.05) is 0 Å². The lowest BCUT2D eigenvalue weighted by atomic mass is 9.92. The lowest BCUT2D eigenvalue weighted by Crippen LogP contribution is -2.53. The molecule has 0 unspecified atom stereocenters. The number of fused-ring (bicyclic) bond motifs is 2. The minimum atomic E-state index is -0.528. The van der Waals surface area contributed by atoms with Crippen LogP contribution in [0.1, 0.15) is 33.6 Å². The Morgan fingerprint density at radius 1 is 1.36 bits per heavy atom. The van der Waals surface area contributed by atoms with Crippen LogP contribution in [0.2, 0.25) is 0 Å². The van der Waals surface area contributed by atoms with Crippen LogP contribution in [0.4, 0.5) is 16.3 Å². The van der Waals surface area contributed by atoms with Gasteiger partial charge in [0.2, 0.25) is 0 Å². The summed E-state index contributed by atoms with van der Waals surface area (Å²) in [7, 11) is 0. The standard InChI is InChI=1S/C17H24N4O4/c1-17(2,3)25-16(22)19-14-11-6-7-12(14)10-20(9-11)13-5-4-8-18-15(13)21(23)24/h4-5,8,11-12,14H,6-7,9-10H2,1-3H3,(H,19,22)/t11-,12+,14-. The fraction of sp³-hybridized carbons (Fsp3) is 0.647. The fourth-order valence-corrected chi connectivity index (χ4v) is 3.87. The maximum atomic E-state index is 12.1. The van der Waals surface area contributed by atoms with E-state index in [0.717, 1.165) is 12.8 Å². The van der Waals surface area contributed by atoms with Gasteiger partial charge in [-0.3, -0.25) is 0 Å². The topological polar surface area (TPSA) is 97.6 Å². The number of ether oxygens (including phenoxy) is 1. The molecule has 1 aliphatic carbocycles. The third-order valence-corrected chi connectivity index (χ3v) is 4.80. The van der Waals surface area contributed by atoms with E-state index in [2.05, 4.69) is 10.3 Å². The van der Waals surface area contributed by atoms with E-state index in [9.17, 15) is 14.9 Å².